The van der Waals surface area contributed by atoms with Crippen LogP contribution in [0.5, 0.6) is 0 Å². The van der Waals surface area contributed by atoms with Gasteiger partial charge in [-0.25, -0.2) is 8.42 Å². The SMILES string of the molecule is O=S1(=O)C[CH]CCC1. The highest BCUT2D eigenvalue weighted by Crippen LogP contribution is 2.08. The van der Waals surface area contributed by atoms with Crippen molar-refractivity contribution < 1.29 is 8.42 Å². The Hall–Kier alpha value is -0.0500. The molecule has 0 saturated carbocycles. The van der Waals surface area contributed by atoms with Gasteiger partial charge in [-0.1, -0.05) is 0 Å². The molecule has 0 amide bonds. The predicted molar refractivity (Wildman–Crippen MR) is 32.2 cm³/mol. The summed E-state index contributed by atoms with van der Waals surface area (Å²) in [5.41, 5.74) is 0. The van der Waals surface area contributed by atoms with Gasteiger partial charge in [-0.05, 0) is 19.3 Å². The number of rotatable bonds is 0. The summed E-state index contributed by atoms with van der Waals surface area (Å²) in [5.74, 6) is 0.691. The Morgan fingerprint density at radius 2 is 2.12 bits per heavy atom. The second-order valence-corrected chi connectivity index (χ2v) is 4.27. The summed E-state index contributed by atoms with van der Waals surface area (Å²) in [7, 11) is -2.64. The summed E-state index contributed by atoms with van der Waals surface area (Å²) in [6.45, 7) is 0. The first-order valence-electron chi connectivity index (χ1n) is 2.73. The van der Waals surface area contributed by atoms with E-state index in [0.29, 0.717) is 11.5 Å². The molecule has 47 valence electrons. The fraction of sp³-hybridized carbons (Fsp3) is 0.800. The van der Waals surface area contributed by atoms with Crippen molar-refractivity contribution in [1.29, 1.82) is 0 Å². The maximum absolute atomic E-state index is 10.6. The lowest BCUT2D eigenvalue weighted by molar-refractivity contribution is 0.588. The molecular weight excluding hydrogens is 124 g/mol. The zero-order valence-electron chi connectivity index (χ0n) is 4.63. The molecule has 0 aliphatic carbocycles. The molecule has 8 heavy (non-hydrogen) atoms. The Bertz CT molecular complexity index is 145. The van der Waals surface area contributed by atoms with E-state index in [4.69, 9.17) is 0 Å². The van der Waals surface area contributed by atoms with Crippen molar-refractivity contribution in [2.75, 3.05) is 11.5 Å². The molecule has 0 unspecified atom stereocenters. The van der Waals surface area contributed by atoms with Gasteiger partial charge in [0.1, 0.15) is 0 Å². The monoisotopic (exact) mass is 133 g/mol. The van der Waals surface area contributed by atoms with Crippen LogP contribution in [0, 0.1) is 6.42 Å². The van der Waals surface area contributed by atoms with Crippen LogP contribution in [-0.2, 0) is 9.84 Å². The smallest absolute Gasteiger partial charge is 0.150 e. The summed E-state index contributed by atoms with van der Waals surface area (Å²) < 4.78 is 21.2. The van der Waals surface area contributed by atoms with E-state index in [2.05, 4.69) is 0 Å². The number of hydrogen-bond acceptors (Lipinski definition) is 2. The molecule has 2 nitrogen and oxygen atoms in total. The third kappa shape index (κ3) is 1.47. The molecule has 1 radical (unpaired) electrons. The van der Waals surface area contributed by atoms with Crippen LogP contribution in [0.1, 0.15) is 12.8 Å². The van der Waals surface area contributed by atoms with Gasteiger partial charge in [0, 0.05) is 0 Å². The first-order chi connectivity index (χ1) is 3.71. The Labute approximate surface area is 49.8 Å². The van der Waals surface area contributed by atoms with Crippen molar-refractivity contribution in [3.63, 3.8) is 0 Å². The van der Waals surface area contributed by atoms with Crippen molar-refractivity contribution in [1.82, 2.24) is 0 Å². The Kier molecular flexibility index (Phi) is 1.56. The van der Waals surface area contributed by atoms with Crippen LogP contribution in [0.3, 0.4) is 0 Å². The zero-order valence-corrected chi connectivity index (χ0v) is 5.45. The summed E-state index contributed by atoms with van der Waals surface area (Å²) in [6, 6.07) is 0. The van der Waals surface area contributed by atoms with Crippen molar-refractivity contribution >= 4 is 9.84 Å². The quantitative estimate of drug-likeness (QED) is 0.479. The minimum Gasteiger partial charge on any atom is -0.229 e. The molecule has 1 aliphatic heterocycles. The average molecular weight is 133 g/mol. The van der Waals surface area contributed by atoms with Gasteiger partial charge >= 0.3 is 0 Å². The third-order valence-electron chi connectivity index (χ3n) is 1.24. The zero-order chi connectivity index (χ0) is 6.04. The van der Waals surface area contributed by atoms with E-state index >= 15 is 0 Å². The van der Waals surface area contributed by atoms with Crippen LogP contribution >= 0.6 is 0 Å². The molecular formula is C5H9O2S. The Morgan fingerprint density at radius 1 is 1.38 bits per heavy atom. The van der Waals surface area contributed by atoms with E-state index in [0.717, 1.165) is 12.8 Å². The second kappa shape index (κ2) is 2.05. The van der Waals surface area contributed by atoms with Gasteiger partial charge in [-0.3, -0.25) is 0 Å². The average Bonchev–Trinajstić information content (AvgIpc) is 1.65. The van der Waals surface area contributed by atoms with Gasteiger partial charge in [-0.2, -0.15) is 0 Å². The minimum absolute atomic E-state index is 0.299. The molecule has 0 aromatic heterocycles. The molecule has 3 heteroatoms. The van der Waals surface area contributed by atoms with Crippen LogP contribution in [0.2, 0.25) is 0 Å². The minimum atomic E-state index is -2.64. The first kappa shape index (κ1) is 6.08. The molecule has 0 bridgehead atoms. The van der Waals surface area contributed by atoms with E-state index in [-0.39, 0.29) is 0 Å². The largest absolute Gasteiger partial charge is 0.229 e. The molecule has 1 aliphatic rings. The molecule has 0 aromatic carbocycles. The lowest BCUT2D eigenvalue weighted by Gasteiger charge is -2.08. The summed E-state index contributed by atoms with van der Waals surface area (Å²) in [4.78, 5) is 0. The predicted octanol–water partition coefficient (Wildman–Crippen LogP) is 0.399. The normalized spacial score (nSPS) is 27.5. The van der Waals surface area contributed by atoms with Crippen molar-refractivity contribution in [2.24, 2.45) is 0 Å². The van der Waals surface area contributed by atoms with E-state index in [9.17, 15) is 8.42 Å². The first-order valence-corrected chi connectivity index (χ1v) is 4.55. The fourth-order valence-corrected chi connectivity index (χ4v) is 2.09. The number of sulfone groups is 1. The molecule has 1 rings (SSSR count). The fourth-order valence-electron chi connectivity index (χ4n) is 0.794. The van der Waals surface area contributed by atoms with Crippen molar-refractivity contribution in [2.45, 2.75) is 12.8 Å². The van der Waals surface area contributed by atoms with E-state index < -0.39 is 9.84 Å². The third-order valence-corrected chi connectivity index (χ3v) is 2.89. The van der Waals surface area contributed by atoms with Crippen molar-refractivity contribution in [3.05, 3.63) is 6.42 Å². The van der Waals surface area contributed by atoms with Crippen LogP contribution in [0.4, 0.5) is 0 Å². The highest BCUT2D eigenvalue weighted by molar-refractivity contribution is 7.91. The van der Waals surface area contributed by atoms with Crippen LogP contribution in [0.25, 0.3) is 0 Å². The van der Waals surface area contributed by atoms with Gasteiger partial charge in [0.05, 0.1) is 11.5 Å². The van der Waals surface area contributed by atoms with Crippen molar-refractivity contribution in [3.8, 4) is 0 Å². The molecule has 0 N–H and O–H groups in total. The highest BCUT2D eigenvalue weighted by atomic mass is 32.2. The highest BCUT2D eigenvalue weighted by Gasteiger charge is 2.14. The molecule has 1 saturated heterocycles. The van der Waals surface area contributed by atoms with E-state index in [1.165, 1.54) is 0 Å². The molecule has 0 atom stereocenters. The molecule has 1 heterocycles. The van der Waals surface area contributed by atoms with Crippen LogP contribution < -0.4 is 0 Å². The Morgan fingerprint density at radius 3 is 2.38 bits per heavy atom. The summed E-state index contributed by atoms with van der Waals surface area (Å²) in [6.07, 6.45) is 3.63. The van der Waals surface area contributed by atoms with Crippen LogP contribution in [-0.4, -0.2) is 19.9 Å². The maximum Gasteiger partial charge on any atom is 0.150 e. The van der Waals surface area contributed by atoms with Gasteiger partial charge < -0.3 is 0 Å². The molecule has 1 fully saturated rings. The summed E-state index contributed by atoms with van der Waals surface area (Å²) in [5, 5.41) is 0. The topological polar surface area (TPSA) is 34.1 Å². The lowest BCUT2D eigenvalue weighted by atomic mass is 10.3. The molecule has 0 spiro atoms. The van der Waals surface area contributed by atoms with Gasteiger partial charge in [0.2, 0.25) is 0 Å². The van der Waals surface area contributed by atoms with E-state index in [1.807, 2.05) is 6.42 Å². The molecule has 0 aromatic rings. The second-order valence-electron chi connectivity index (χ2n) is 2.05. The van der Waals surface area contributed by atoms with E-state index in [1.54, 1.807) is 0 Å². The van der Waals surface area contributed by atoms with Gasteiger partial charge in [-0.15, -0.1) is 0 Å². The van der Waals surface area contributed by atoms with Crippen LogP contribution in [0.15, 0.2) is 0 Å². The van der Waals surface area contributed by atoms with Gasteiger partial charge in [0.15, 0.2) is 9.84 Å². The Balaban J connectivity index is 2.58. The maximum atomic E-state index is 10.6. The number of hydrogen-bond donors (Lipinski definition) is 0. The standard InChI is InChI=1S/C5H9O2S/c6-8(7)4-2-1-3-5-8/h2H,1,3-5H2. The summed E-state index contributed by atoms with van der Waals surface area (Å²) >= 11 is 0. The lowest BCUT2D eigenvalue weighted by Crippen LogP contribution is -2.16. The van der Waals surface area contributed by atoms with Gasteiger partial charge in [0.25, 0.3) is 0 Å².